The topological polar surface area (TPSA) is 47.3 Å². The van der Waals surface area contributed by atoms with Gasteiger partial charge in [0.05, 0.1) is 15.5 Å². The molecule has 0 bridgehead atoms. The van der Waals surface area contributed by atoms with E-state index in [1.54, 1.807) is 11.3 Å². The van der Waals surface area contributed by atoms with Crippen molar-refractivity contribution in [2.45, 2.75) is 17.3 Å². The first kappa shape index (κ1) is 15.8. The molecule has 7 heteroatoms. The molecule has 2 aromatic heterocycles. The highest BCUT2D eigenvalue weighted by atomic mass is 79.9. The molecule has 0 spiro atoms. The lowest BCUT2D eigenvalue weighted by Gasteiger charge is -2.09. The minimum Gasteiger partial charge on any atom is -0.293 e. The summed E-state index contributed by atoms with van der Waals surface area (Å²) in [5.41, 5.74) is 1.78. The molecule has 0 aliphatic heterocycles. The SMILES string of the molecule is C[C@H](Sc1nnc2sc3ccccc3n12)C(=O)c1ccc(Br)cc1. The molecule has 2 aromatic carbocycles. The summed E-state index contributed by atoms with van der Waals surface area (Å²) in [5, 5.41) is 9.02. The second-order valence-electron chi connectivity index (χ2n) is 5.30. The van der Waals surface area contributed by atoms with Gasteiger partial charge in [0.1, 0.15) is 0 Å². The number of halogens is 1. The Morgan fingerprint density at radius 3 is 2.71 bits per heavy atom. The van der Waals surface area contributed by atoms with Crippen molar-refractivity contribution in [1.29, 1.82) is 0 Å². The van der Waals surface area contributed by atoms with Gasteiger partial charge < -0.3 is 0 Å². The largest absolute Gasteiger partial charge is 0.293 e. The van der Waals surface area contributed by atoms with Crippen molar-refractivity contribution in [2.24, 2.45) is 0 Å². The number of para-hydroxylation sites is 1. The van der Waals surface area contributed by atoms with Crippen molar-refractivity contribution in [3.63, 3.8) is 0 Å². The lowest BCUT2D eigenvalue weighted by Crippen LogP contribution is -2.13. The van der Waals surface area contributed by atoms with Gasteiger partial charge in [-0.3, -0.25) is 9.20 Å². The van der Waals surface area contributed by atoms with Crippen LogP contribution in [0.1, 0.15) is 17.3 Å². The highest BCUT2D eigenvalue weighted by Gasteiger charge is 2.21. The fraction of sp³-hybridized carbons (Fsp3) is 0.118. The maximum Gasteiger partial charge on any atom is 0.217 e. The molecule has 4 nitrogen and oxygen atoms in total. The number of thiazole rings is 1. The van der Waals surface area contributed by atoms with Gasteiger partial charge in [0.15, 0.2) is 10.9 Å². The quantitative estimate of drug-likeness (QED) is 0.343. The van der Waals surface area contributed by atoms with Crippen molar-refractivity contribution in [1.82, 2.24) is 14.6 Å². The van der Waals surface area contributed by atoms with Gasteiger partial charge in [0, 0.05) is 10.0 Å². The van der Waals surface area contributed by atoms with E-state index in [0.29, 0.717) is 5.56 Å². The third kappa shape index (κ3) is 2.76. The first-order valence-electron chi connectivity index (χ1n) is 7.32. The van der Waals surface area contributed by atoms with Crippen molar-refractivity contribution < 1.29 is 4.79 Å². The van der Waals surface area contributed by atoms with Crippen LogP contribution >= 0.6 is 39.0 Å². The summed E-state index contributed by atoms with van der Waals surface area (Å²) in [5.74, 6) is 0.0868. The number of ketones is 1. The van der Waals surface area contributed by atoms with Crippen molar-refractivity contribution in [3.8, 4) is 0 Å². The maximum absolute atomic E-state index is 12.6. The van der Waals surface area contributed by atoms with Crippen molar-refractivity contribution in [3.05, 3.63) is 58.6 Å². The summed E-state index contributed by atoms with van der Waals surface area (Å²) < 4.78 is 4.15. The highest BCUT2D eigenvalue weighted by molar-refractivity contribution is 9.10. The first-order valence-corrected chi connectivity index (χ1v) is 9.81. The van der Waals surface area contributed by atoms with E-state index in [1.807, 2.05) is 53.8 Å². The van der Waals surface area contributed by atoms with E-state index in [1.165, 1.54) is 11.8 Å². The predicted octanol–water partition coefficient (Wildman–Crippen LogP) is 5.07. The third-order valence-corrected chi connectivity index (χ3v) is 6.27. The lowest BCUT2D eigenvalue weighted by molar-refractivity contribution is 0.0994. The second kappa shape index (κ2) is 6.31. The molecule has 4 aromatic rings. The molecule has 0 amide bonds. The second-order valence-corrected chi connectivity index (χ2v) is 8.53. The van der Waals surface area contributed by atoms with Gasteiger partial charge in [-0.2, -0.15) is 0 Å². The number of nitrogens with zero attached hydrogens (tertiary/aromatic N) is 3. The Labute approximate surface area is 155 Å². The Bertz CT molecular complexity index is 1040. The number of benzene rings is 2. The van der Waals surface area contributed by atoms with Crippen LogP contribution in [0.2, 0.25) is 0 Å². The molecule has 1 atom stereocenters. The van der Waals surface area contributed by atoms with Crippen LogP contribution in [0, 0.1) is 0 Å². The Kier molecular flexibility index (Phi) is 4.15. The predicted molar refractivity (Wildman–Crippen MR) is 102 cm³/mol. The molecule has 0 N–H and O–H groups in total. The summed E-state index contributed by atoms with van der Waals surface area (Å²) >= 11 is 6.43. The molecule has 0 saturated heterocycles. The van der Waals surface area contributed by atoms with E-state index < -0.39 is 0 Å². The van der Waals surface area contributed by atoms with Crippen molar-refractivity contribution >= 4 is 60.0 Å². The van der Waals surface area contributed by atoms with E-state index in [0.717, 1.165) is 24.8 Å². The molecule has 0 saturated carbocycles. The summed E-state index contributed by atoms with van der Waals surface area (Å²) in [6, 6.07) is 15.6. The van der Waals surface area contributed by atoms with Crippen LogP contribution in [0.5, 0.6) is 0 Å². The fourth-order valence-electron chi connectivity index (χ4n) is 2.49. The van der Waals surface area contributed by atoms with Gasteiger partial charge in [-0.05, 0) is 31.2 Å². The normalized spacial score (nSPS) is 12.8. The maximum atomic E-state index is 12.6. The molecule has 0 unspecified atom stereocenters. The number of hydrogen-bond acceptors (Lipinski definition) is 5. The molecular formula is C17H12BrN3OS2. The van der Waals surface area contributed by atoms with Gasteiger partial charge in [-0.15, -0.1) is 10.2 Å². The molecule has 120 valence electrons. The minimum atomic E-state index is -0.239. The fourth-order valence-corrected chi connectivity index (χ4v) is 4.72. The number of aromatic nitrogens is 3. The Hall–Kier alpha value is -1.70. The number of carbonyl (C=O) groups excluding carboxylic acids is 1. The van der Waals surface area contributed by atoms with Crippen LogP contribution < -0.4 is 0 Å². The Morgan fingerprint density at radius 2 is 1.92 bits per heavy atom. The van der Waals surface area contributed by atoms with E-state index in [-0.39, 0.29) is 11.0 Å². The molecule has 0 aliphatic rings. The summed E-state index contributed by atoms with van der Waals surface area (Å²) in [7, 11) is 0. The van der Waals surface area contributed by atoms with E-state index in [2.05, 4.69) is 32.2 Å². The number of hydrogen-bond donors (Lipinski definition) is 0. The van der Waals surface area contributed by atoms with E-state index in [9.17, 15) is 4.79 Å². The molecule has 0 aliphatic carbocycles. The molecule has 2 heterocycles. The molecule has 4 rings (SSSR count). The smallest absolute Gasteiger partial charge is 0.217 e. The molecular weight excluding hydrogens is 406 g/mol. The number of thioether (sulfide) groups is 1. The summed E-state index contributed by atoms with van der Waals surface area (Å²) in [6.07, 6.45) is 0. The van der Waals surface area contributed by atoms with Gasteiger partial charge in [0.2, 0.25) is 4.96 Å². The number of fused-ring (bicyclic) bond motifs is 3. The average Bonchev–Trinajstić information content (AvgIpc) is 3.14. The Balaban J connectivity index is 1.66. The summed E-state index contributed by atoms with van der Waals surface area (Å²) in [4.78, 5) is 13.5. The average molecular weight is 418 g/mol. The summed E-state index contributed by atoms with van der Waals surface area (Å²) in [6.45, 7) is 1.91. The number of rotatable bonds is 4. The van der Waals surface area contributed by atoms with Gasteiger partial charge in [0.25, 0.3) is 0 Å². The van der Waals surface area contributed by atoms with Crippen LogP contribution in [0.15, 0.2) is 58.2 Å². The van der Waals surface area contributed by atoms with E-state index >= 15 is 0 Å². The zero-order valence-electron chi connectivity index (χ0n) is 12.6. The Morgan fingerprint density at radius 1 is 1.17 bits per heavy atom. The van der Waals surface area contributed by atoms with Gasteiger partial charge in [-0.1, -0.05) is 63.3 Å². The van der Waals surface area contributed by atoms with E-state index in [4.69, 9.17) is 0 Å². The molecule has 24 heavy (non-hydrogen) atoms. The zero-order valence-corrected chi connectivity index (χ0v) is 15.9. The van der Waals surface area contributed by atoms with Crippen LogP contribution in [0.4, 0.5) is 0 Å². The highest BCUT2D eigenvalue weighted by Crippen LogP contribution is 2.31. The third-order valence-electron chi connectivity index (χ3n) is 3.69. The minimum absolute atomic E-state index is 0.0868. The van der Waals surface area contributed by atoms with Gasteiger partial charge >= 0.3 is 0 Å². The standard InChI is InChI=1S/C17H12BrN3OS2/c1-10(15(22)11-6-8-12(18)9-7-11)23-16-19-20-17-21(16)13-4-2-3-5-14(13)24-17/h2-10H,1H3/t10-/m0/s1. The zero-order chi connectivity index (χ0) is 16.7. The van der Waals surface area contributed by atoms with Crippen LogP contribution in [-0.4, -0.2) is 25.6 Å². The van der Waals surface area contributed by atoms with Crippen LogP contribution in [0.3, 0.4) is 0 Å². The number of carbonyl (C=O) groups is 1. The van der Waals surface area contributed by atoms with Crippen LogP contribution in [0.25, 0.3) is 15.2 Å². The monoisotopic (exact) mass is 417 g/mol. The number of Topliss-reactive ketones (excluding diaryl/α,β-unsaturated/α-hetero) is 1. The van der Waals surface area contributed by atoms with Crippen LogP contribution in [-0.2, 0) is 0 Å². The van der Waals surface area contributed by atoms with Crippen molar-refractivity contribution in [2.75, 3.05) is 0 Å². The lowest BCUT2D eigenvalue weighted by atomic mass is 10.1. The molecule has 0 radical (unpaired) electrons. The molecule has 0 fully saturated rings. The van der Waals surface area contributed by atoms with Gasteiger partial charge in [-0.25, -0.2) is 0 Å². The first-order chi connectivity index (χ1) is 11.6.